The Hall–Kier alpha value is -2.70. The van der Waals surface area contributed by atoms with Crippen LogP contribution >= 0.6 is 0 Å². The third kappa shape index (κ3) is 6.15. The van der Waals surface area contributed by atoms with Crippen molar-refractivity contribution in [3.8, 4) is 11.5 Å². The van der Waals surface area contributed by atoms with Crippen LogP contribution in [0.3, 0.4) is 0 Å². The number of guanidine groups is 1. The van der Waals surface area contributed by atoms with E-state index in [1.807, 2.05) is 12.1 Å². The van der Waals surface area contributed by atoms with Gasteiger partial charge in [-0.1, -0.05) is 25.1 Å². The number of aryl methyl sites for hydroxylation is 2. The zero-order valence-corrected chi connectivity index (χ0v) is 19.3. The smallest absolute Gasteiger partial charge is 0.191 e. The van der Waals surface area contributed by atoms with Gasteiger partial charge in [0.25, 0.3) is 0 Å². The highest BCUT2D eigenvalue weighted by molar-refractivity contribution is 5.79. The largest absolute Gasteiger partial charge is 0.493 e. The van der Waals surface area contributed by atoms with E-state index < -0.39 is 0 Å². The maximum atomic E-state index is 6.14. The Balaban J connectivity index is 1.66. The summed E-state index contributed by atoms with van der Waals surface area (Å²) in [6.45, 7) is 8.20. The molecule has 1 fully saturated rings. The molecule has 0 bridgehead atoms. The number of aliphatic imine (C=N–C) groups is 1. The first kappa shape index (κ1) is 23.0. The summed E-state index contributed by atoms with van der Waals surface area (Å²) in [5, 5.41) is 10.9. The van der Waals surface area contributed by atoms with Gasteiger partial charge in [0.2, 0.25) is 0 Å². The lowest BCUT2D eigenvalue weighted by molar-refractivity contribution is 0.200. The molecule has 1 heterocycles. The summed E-state index contributed by atoms with van der Waals surface area (Å²) in [5.74, 6) is 3.28. The molecule has 0 aliphatic heterocycles. The minimum absolute atomic E-state index is 0.306. The van der Waals surface area contributed by atoms with Crippen LogP contribution in [0.4, 0.5) is 0 Å². The summed E-state index contributed by atoms with van der Waals surface area (Å²) in [4.78, 5) is 4.75. The van der Waals surface area contributed by atoms with Crippen molar-refractivity contribution >= 4 is 5.96 Å². The van der Waals surface area contributed by atoms with Crippen LogP contribution in [0, 0.1) is 0 Å². The molecule has 2 aromatic rings. The zero-order valence-electron chi connectivity index (χ0n) is 19.3. The van der Waals surface area contributed by atoms with Crippen molar-refractivity contribution in [1.82, 2.24) is 15.8 Å². The number of nitrogens with one attached hydrogen (secondary N) is 2. The quantitative estimate of drug-likeness (QED) is 0.432. The normalized spacial score (nSPS) is 14.6. The lowest BCUT2D eigenvalue weighted by Gasteiger charge is -2.16. The van der Waals surface area contributed by atoms with Crippen molar-refractivity contribution in [1.29, 1.82) is 0 Å². The van der Waals surface area contributed by atoms with Gasteiger partial charge in [-0.2, -0.15) is 0 Å². The van der Waals surface area contributed by atoms with E-state index in [1.54, 1.807) is 7.11 Å². The summed E-state index contributed by atoms with van der Waals surface area (Å²) >= 11 is 0. The van der Waals surface area contributed by atoms with E-state index in [4.69, 9.17) is 19.0 Å². The van der Waals surface area contributed by atoms with Gasteiger partial charge < -0.3 is 24.6 Å². The summed E-state index contributed by atoms with van der Waals surface area (Å²) in [6.07, 6.45) is 6.72. The van der Waals surface area contributed by atoms with Crippen molar-refractivity contribution < 1.29 is 14.0 Å². The molecule has 1 saturated carbocycles. The third-order valence-electron chi connectivity index (χ3n) is 5.63. The molecule has 3 rings (SSSR count). The molecule has 0 radical (unpaired) electrons. The van der Waals surface area contributed by atoms with Crippen LogP contribution in [0.2, 0.25) is 0 Å². The maximum Gasteiger partial charge on any atom is 0.191 e. The zero-order chi connectivity index (χ0) is 22.1. The fraction of sp³-hybridized carbons (Fsp3) is 0.583. The molecule has 7 nitrogen and oxygen atoms in total. The van der Waals surface area contributed by atoms with Gasteiger partial charge in [0.15, 0.2) is 17.5 Å². The molecule has 0 saturated heterocycles. The van der Waals surface area contributed by atoms with Crippen molar-refractivity contribution in [2.75, 3.05) is 13.7 Å². The minimum Gasteiger partial charge on any atom is -0.493 e. The predicted octanol–water partition coefficient (Wildman–Crippen LogP) is 4.38. The number of methoxy groups -OCH3 is 1. The SMILES string of the molecule is CCNC(=NCc1ccc(OC2CCCC2)c(OC)c1)NCc1c(CC)noc1CC. The molecule has 0 unspecified atom stereocenters. The molecule has 0 spiro atoms. The average Bonchev–Trinajstić information content (AvgIpc) is 3.45. The Morgan fingerprint density at radius 1 is 1.13 bits per heavy atom. The summed E-state index contributed by atoms with van der Waals surface area (Å²) in [7, 11) is 1.69. The molecule has 1 aromatic carbocycles. The molecular formula is C24H36N4O3. The van der Waals surface area contributed by atoms with Crippen LogP contribution in [0.25, 0.3) is 0 Å². The van der Waals surface area contributed by atoms with Crippen molar-refractivity contribution in [2.45, 2.75) is 78.5 Å². The molecule has 170 valence electrons. The van der Waals surface area contributed by atoms with E-state index in [1.165, 1.54) is 12.8 Å². The summed E-state index contributed by atoms with van der Waals surface area (Å²) in [5.41, 5.74) is 3.20. The van der Waals surface area contributed by atoms with Crippen LogP contribution in [0.1, 0.15) is 69.0 Å². The van der Waals surface area contributed by atoms with Gasteiger partial charge in [-0.05, 0) is 56.7 Å². The number of rotatable bonds is 10. The van der Waals surface area contributed by atoms with E-state index in [0.29, 0.717) is 19.2 Å². The van der Waals surface area contributed by atoms with Crippen molar-refractivity contribution in [3.63, 3.8) is 0 Å². The fourth-order valence-corrected chi connectivity index (χ4v) is 3.92. The predicted molar refractivity (Wildman–Crippen MR) is 123 cm³/mol. The van der Waals surface area contributed by atoms with E-state index in [0.717, 1.165) is 72.3 Å². The molecule has 7 heteroatoms. The highest BCUT2D eigenvalue weighted by Crippen LogP contribution is 2.32. The molecule has 1 aliphatic carbocycles. The van der Waals surface area contributed by atoms with Gasteiger partial charge in [-0.3, -0.25) is 0 Å². The second kappa shape index (κ2) is 11.6. The average molecular weight is 429 g/mol. The van der Waals surface area contributed by atoms with Gasteiger partial charge in [-0.25, -0.2) is 4.99 Å². The number of aromatic nitrogens is 1. The Labute approximate surface area is 185 Å². The third-order valence-corrected chi connectivity index (χ3v) is 5.63. The second-order valence-corrected chi connectivity index (χ2v) is 7.80. The lowest BCUT2D eigenvalue weighted by Crippen LogP contribution is -2.37. The van der Waals surface area contributed by atoms with Crippen LogP contribution in [-0.4, -0.2) is 30.9 Å². The summed E-state index contributed by atoms with van der Waals surface area (Å²) in [6, 6.07) is 6.08. The number of hydrogen-bond donors (Lipinski definition) is 2. The second-order valence-electron chi connectivity index (χ2n) is 7.80. The van der Waals surface area contributed by atoms with Crippen LogP contribution in [-0.2, 0) is 25.9 Å². The van der Waals surface area contributed by atoms with Gasteiger partial charge in [0, 0.05) is 25.1 Å². The first-order chi connectivity index (χ1) is 15.2. The molecule has 2 N–H and O–H groups in total. The Kier molecular flexibility index (Phi) is 8.62. The Morgan fingerprint density at radius 2 is 1.94 bits per heavy atom. The Bertz CT molecular complexity index is 835. The van der Waals surface area contributed by atoms with Crippen LogP contribution in [0.15, 0.2) is 27.7 Å². The van der Waals surface area contributed by atoms with Gasteiger partial charge in [0.05, 0.1) is 25.5 Å². The molecule has 0 atom stereocenters. The molecule has 1 aliphatic rings. The van der Waals surface area contributed by atoms with E-state index in [9.17, 15) is 0 Å². The molecule has 0 amide bonds. The number of ether oxygens (including phenoxy) is 2. The molecule has 31 heavy (non-hydrogen) atoms. The van der Waals surface area contributed by atoms with Crippen molar-refractivity contribution in [3.05, 3.63) is 40.8 Å². The first-order valence-corrected chi connectivity index (χ1v) is 11.5. The highest BCUT2D eigenvalue weighted by atomic mass is 16.5. The van der Waals surface area contributed by atoms with Crippen LogP contribution in [0.5, 0.6) is 11.5 Å². The lowest BCUT2D eigenvalue weighted by atomic mass is 10.1. The standard InChI is InChI=1S/C24H36N4O3/c1-5-20-19(21(6-2)31-28-20)16-27-24(25-7-3)26-15-17-12-13-22(23(14-17)29-4)30-18-10-8-9-11-18/h12-14,18H,5-11,15-16H2,1-4H3,(H2,25,26,27). The highest BCUT2D eigenvalue weighted by Gasteiger charge is 2.18. The van der Waals surface area contributed by atoms with E-state index in [-0.39, 0.29) is 0 Å². The van der Waals surface area contributed by atoms with Gasteiger partial charge >= 0.3 is 0 Å². The maximum absolute atomic E-state index is 6.14. The number of benzene rings is 1. The number of hydrogen-bond acceptors (Lipinski definition) is 5. The van der Waals surface area contributed by atoms with E-state index in [2.05, 4.69) is 42.6 Å². The molecule has 1 aromatic heterocycles. The topological polar surface area (TPSA) is 80.9 Å². The van der Waals surface area contributed by atoms with E-state index >= 15 is 0 Å². The van der Waals surface area contributed by atoms with Gasteiger partial charge in [-0.15, -0.1) is 0 Å². The summed E-state index contributed by atoms with van der Waals surface area (Å²) < 4.78 is 17.2. The minimum atomic E-state index is 0.306. The van der Waals surface area contributed by atoms with Gasteiger partial charge in [0.1, 0.15) is 5.76 Å². The van der Waals surface area contributed by atoms with Crippen LogP contribution < -0.4 is 20.1 Å². The Morgan fingerprint density at radius 3 is 2.61 bits per heavy atom. The first-order valence-electron chi connectivity index (χ1n) is 11.5. The number of nitrogens with zero attached hydrogens (tertiary/aromatic N) is 2. The molecular weight excluding hydrogens is 392 g/mol. The van der Waals surface area contributed by atoms with Crippen molar-refractivity contribution in [2.24, 2.45) is 4.99 Å². The fourth-order valence-electron chi connectivity index (χ4n) is 3.92. The monoisotopic (exact) mass is 428 g/mol.